The van der Waals surface area contributed by atoms with E-state index in [1.807, 2.05) is 0 Å². The predicted octanol–water partition coefficient (Wildman–Crippen LogP) is 4.07. The molecule has 2 heteroatoms. The van der Waals surface area contributed by atoms with Gasteiger partial charge in [0.15, 0.2) is 0 Å². The van der Waals surface area contributed by atoms with E-state index in [4.69, 9.17) is 0 Å². The maximum absolute atomic E-state index is 10.8. The Morgan fingerprint density at radius 2 is 1.76 bits per heavy atom. The lowest BCUT2D eigenvalue weighted by molar-refractivity contribution is 0.135. The van der Waals surface area contributed by atoms with Crippen LogP contribution in [0.1, 0.15) is 77.2 Å². The fraction of sp³-hybridized carbons (Fsp3) is 0.684. The average Bonchev–Trinajstić information content (AvgIpc) is 2.89. The van der Waals surface area contributed by atoms with Crippen molar-refractivity contribution >= 4 is 0 Å². The van der Waals surface area contributed by atoms with Crippen molar-refractivity contribution in [1.82, 2.24) is 5.32 Å². The highest BCUT2D eigenvalue weighted by molar-refractivity contribution is 5.41. The first kappa shape index (κ1) is 16.5. The van der Waals surface area contributed by atoms with Crippen LogP contribution in [-0.4, -0.2) is 17.7 Å². The van der Waals surface area contributed by atoms with Crippen LogP contribution < -0.4 is 5.32 Å². The average molecular weight is 289 g/mol. The molecule has 1 aromatic rings. The predicted molar refractivity (Wildman–Crippen MR) is 89.8 cm³/mol. The number of benzene rings is 1. The second-order valence-electron chi connectivity index (χ2n) is 8.45. The minimum atomic E-state index is -0.407. The van der Waals surface area contributed by atoms with E-state index in [-0.39, 0.29) is 16.9 Å². The van der Waals surface area contributed by atoms with Crippen molar-refractivity contribution in [2.75, 3.05) is 6.54 Å². The summed E-state index contributed by atoms with van der Waals surface area (Å²) in [6.45, 7) is 14.4. The van der Waals surface area contributed by atoms with Gasteiger partial charge in [-0.1, -0.05) is 59.7 Å². The quantitative estimate of drug-likeness (QED) is 0.860. The van der Waals surface area contributed by atoms with Gasteiger partial charge in [0, 0.05) is 6.04 Å². The molecule has 1 fully saturated rings. The van der Waals surface area contributed by atoms with Gasteiger partial charge in [-0.2, -0.15) is 0 Å². The van der Waals surface area contributed by atoms with Crippen molar-refractivity contribution in [3.63, 3.8) is 0 Å². The fourth-order valence-electron chi connectivity index (χ4n) is 3.13. The van der Waals surface area contributed by atoms with Gasteiger partial charge in [-0.3, -0.25) is 0 Å². The standard InChI is InChI=1S/C19H31NO/c1-18(2,3)13-9-10-14(15(12-13)19(4,5)6)17(21)16-8-7-11-20-16/h9-10,12,16-17,20-21H,7-8,11H2,1-6H3. The number of hydrogen-bond acceptors (Lipinski definition) is 2. The first-order valence-corrected chi connectivity index (χ1v) is 8.17. The lowest BCUT2D eigenvalue weighted by Gasteiger charge is -2.30. The molecule has 21 heavy (non-hydrogen) atoms. The molecule has 1 aromatic carbocycles. The van der Waals surface area contributed by atoms with E-state index in [2.05, 4.69) is 65.1 Å². The molecule has 2 rings (SSSR count). The highest BCUT2D eigenvalue weighted by atomic mass is 16.3. The van der Waals surface area contributed by atoms with E-state index in [0.717, 1.165) is 24.9 Å². The van der Waals surface area contributed by atoms with Crippen LogP contribution in [0.4, 0.5) is 0 Å². The van der Waals surface area contributed by atoms with Crippen LogP contribution in [0.25, 0.3) is 0 Å². The Morgan fingerprint density at radius 1 is 1.10 bits per heavy atom. The Kier molecular flexibility index (Phi) is 4.51. The van der Waals surface area contributed by atoms with Crippen molar-refractivity contribution in [2.45, 2.75) is 77.4 Å². The molecule has 0 aliphatic carbocycles. The second-order valence-corrected chi connectivity index (χ2v) is 8.45. The van der Waals surface area contributed by atoms with Crippen LogP contribution in [0.3, 0.4) is 0 Å². The van der Waals surface area contributed by atoms with Crippen LogP contribution in [0.5, 0.6) is 0 Å². The zero-order valence-electron chi connectivity index (χ0n) is 14.5. The monoisotopic (exact) mass is 289 g/mol. The highest BCUT2D eigenvalue weighted by Gasteiger charge is 2.30. The van der Waals surface area contributed by atoms with Crippen molar-refractivity contribution in [3.05, 3.63) is 34.9 Å². The molecule has 0 amide bonds. The van der Waals surface area contributed by atoms with Crippen LogP contribution >= 0.6 is 0 Å². The van der Waals surface area contributed by atoms with E-state index < -0.39 is 6.10 Å². The summed E-state index contributed by atoms with van der Waals surface area (Å²) in [4.78, 5) is 0. The van der Waals surface area contributed by atoms with E-state index in [1.165, 1.54) is 11.1 Å². The smallest absolute Gasteiger partial charge is 0.0945 e. The van der Waals surface area contributed by atoms with Gasteiger partial charge in [-0.25, -0.2) is 0 Å². The zero-order chi connectivity index (χ0) is 15.8. The molecule has 0 spiro atoms. The molecular weight excluding hydrogens is 258 g/mol. The first-order valence-electron chi connectivity index (χ1n) is 8.17. The Morgan fingerprint density at radius 3 is 2.24 bits per heavy atom. The topological polar surface area (TPSA) is 32.3 Å². The van der Waals surface area contributed by atoms with Gasteiger partial charge in [0.25, 0.3) is 0 Å². The molecule has 2 atom stereocenters. The minimum Gasteiger partial charge on any atom is -0.387 e. The lowest BCUT2D eigenvalue weighted by atomic mass is 9.77. The SMILES string of the molecule is CC(C)(C)c1ccc(C(O)C2CCCN2)c(C(C)(C)C)c1. The molecular formula is C19H31NO. The summed E-state index contributed by atoms with van der Waals surface area (Å²) in [5, 5.41) is 14.2. The van der Waals surface area contributed by atoms with Gasteiger partial charge in [0.2, 0.25) is 0 Å². The van der Waals surface area contributed by atoms with E-state index >= 15 is 0 Å². The Balaban J connectivity index is 2.45. The maximum atomic E-state index is 10.8. The van der Waals surface area contributed by atoms with Crippen LogP contribution in [0, 0.1) is 0 Å². The highest BCUT2D eigenvalue weighted by Crippen LogP contribution is 2.36. The molecule has 1 aliphatic heterocycles. The third-order valence-electron chi connectivity index (χ3n) is 4.53. The third-order valence-corrected chi connectivity index (χ3v) is 4.53. The fourth-order valence-corrected chi connectivity index (χ4v) is 3.13. The Bertz CT molecular complexity index is 487. The molecule has 1 heterocycles. The first-order chi connectivity index (χ1) is 9.60. The molecule has 0 aromatic heterocycles. The molecule has 118 valence electrons. The lowest BCUT2D eigenvalue weighted by Crippen LogP contribution is -2.31. The van der Waals surface area contributed by atoms with Gasteiger partial charge < -0.3 is 10.4 Å². The summed E-state index contributed by atoms with van der Waals surface area (Å²) in [5.74, 6) is 0. The summed E-state index contributed by atoms with van der Waals surface area (Å²) in [6, 6.07) is 6.83. The molecule has 2 unspecified atom stereocenters. The molecule has 0 saturated carbocycles. The summed E-state index contributed by atoms with van der Waals surface area (Å²) in [5.41, 5.74) is 3.87. The summed E-state index contributed by atoms with van der Waals surface area (Å²) in [6.07, 6.45) is 1.81. The second kappa shape index (κ2) is 5.73. The van der Waals surface area contributed by atoms with Crippen molar-refractivity contribution < 1.29 is 5.11 Å². The zero-order valence-corrected chi connectivity index (χ0v) is 14.5. The Hall–Kier alpha value is -0.860. The van der Waals surface area contributed by atoms with Crippen LogP contribution in [0.2, 0.25) is 0 Å². The number of hydrogen-bond donors (Lipinski definition) is 2. The number of aliphatic hydroxyl groups excluding tert-OH is 1. The maximum Gasteiger partial charge on any atom is 0.0945 e. The van der Waals surface area contributed by atoms with Crippen LogP contribution in [-0.2, 0) is 10.8 Å². The van der Waals surface area contributed by atoms with Crippen LogP contribution in [0.15, 0.2) is 18.2 Å². The largest absolute Gasteiger partial charge is 0.387 e. The third kappa shape index (κ3) is 3.67. The molecule has 2 N–H and O–H groups in total. The molecule has 1 saturated heterocycles. The summed E-state index contributed by atoms with van der Waals surface area (Å²) in [7, 11) is 0. The normalized spacial score (nSPS) is 21.6. The molecule has 2 nitrogen and oxygen atoms in total. The van der Waals surface area contributed by atoms with Gasteiger partial charge >= 0.3 is 0 Å². The minimum absolute atomic E-state index is 0.0379. The van der Waals surface area contributed by atoms with E-state index in [9.17, 15) is 5.11 Å². The van der Waals surface area contributed by atoms with E-state index in [1.54, 1.807) is 0 Å². The molecule has 1 aliphatic rings. The number of aliphatic hydroxyl groups is 1. The summed E-state index contributed by atoms with van der Waals surface area (Å²) >= 11 is 0. The van der Waals surface area contributed by atoms with Gasteiger partial charge in [-0.15, -0.1) is 0 Å². The number of rotatable bonds is 2. The van der Waals surface area contributed by atoms with Gasteiger partial charge in [-0.05, 0) is 46.9 Å². The van der Waals surface area contributed by atoms with Crippen molar-refractivity contribution in [3.8, 4) is 0 Å². The van der Waals surface area contributed by atoms with Crippen molar-refractivity contribution in [2.24, 2.45) is 0 Å². The van der Waals surface area contributed by atoms with E-state index in [0.29, 0.717) is 0 Å². The van der Waals surface area contributed by atoms with Gasteiger partial charge in [0.1, 0.15) is 0 Å². The van der Waals surface area contributed by atoms with Gasteiger partial charge in [0.05, 0.1) is 6.10 Å². The molecule has 0 bridgehead atoms. The summed E-state index contributed by atoms with van der Waals surface area (Å²) < 4.78 is 0. The molecule has 0 radical (unpaired) electrons. The Labute approximate surface area is 130 Å². The number of nitrogens with one attached hydrogen (secondary N) is 1. The van der Waals surface area contributed by atoms with Crippen molar-refractivity contribution in [1.29, 1.82) is 0 Å².